The Morgan fingerprint density at radius 2 is 1.70 bits per heavy atom. The van der Waals surface area contributed by atoms with Gasteiger partial charge in [-0.15, -0.1) is 0 Å². The molecule has 1 aromatic heterocycles. The minimum Gasteiger partial charge on any atom is -0.384 e. The summed E-state index contributed by atoms with van der Waals surface area (Å²) in [7, 11) is 0. The molecular weight excluding hydrogens is 534 g/mol. The molecule has 2 aliphatic rings. The van der Waals surface area contributed by atoms with Crippen LogP contribution in [0.5, 0.6) is 0 Å². The summed E-state index contributed by atoms with van der Waals surface area (Å²) in [5.74, 6) is -1.15. The van der Waals surface area contributed by atoms with Crippen LogP contribution in [0.3, 0.4) is 0 Å². The predicted octanol–water partition coefficient (Wildman–Crippen LogP) is 4.29. The topological polar surface area (TPSA) is 128 Å². The molecule has 0 radical (unpaired) electrons. The highest BCUT2D eigenvalue weighted by atomic mass is 32.2. The number of nitrogens with two attached hydrogens (primary N) is 1. The lowest BCUT2D eigenvalue weighted by Crippen LogP contribution is -2.49. The number of anilines is 2. The number of nitriles is 1. The van der Waals surface area contributed by atoms with Gasteiger partial charge in [0, 0.05) is 17.0 Å². The normalized spacial score (nSPS) is 17.4. The maximum Gasteiger partial charge on any atom is 0.258 e. The van der Waals surface area contributed by atoms with Gasteiger partial charge in [-0.1, -0.05) is 54.2 Å². The summed E-state index contributed by atoms with van der Waals surface area (Å²) in [6.07, 6.45) is 0. The van der Waals surface area contributed by atoms with Crippen molar-refractivity contribution in [2.75, 3.05) is 10.2 Å². The standard InChI is InChI=1S/C29H20F2N6O2S/c30-18-7-3-5-16(11-18)14-37-22-10-2-1-9-20(22)29(27(37)39)21(13-32)24(33)34-25-23(29)26(38)36-28(35-25)40-15-17-6-4-8-19(31)12-17/h1-12H,14-15,33H2,(H2,34,35,36,38)/t29-/m1/s1. The van der Waals surface area contributed by atoms with Crippen LogP contribution in [-0.4, -0.2) is 15.9 Å². The fourth-order valence-corrected chi connectivity index (χ4v) is 6.11. The van der Waals surface area contributed by atoms with Crippen molar-refractivity contribution in [3.05, 3.63) is 128 Å². The highest BCUT2D eigenvalue weighted by molar-refractivity contribution is 7.98. The van der Waals surface area contributed by atoms with Gasteiger partial charge >= 0.3 is 0 Å². The molecule has 0 bridgehead atoms. The third-order valence-electron chi connectivity index (χ3n) is 6.94. The lowest BCUT2D eigenvalue weighted by Gasteiger charge is -2.34. The number of H-pyrrole nitrogens is 1. The van der Waals surface area contributed by atoms with Gasteiger partial charge in [0.1, 0.15) is 34.8 Å². The molecule has 6 rings (SSSR count). The van der Waals surface area contributed by atoms with Gasteiger partial charge in [-0.05, 0) is 41.5 Å². The number of carbonyl (C=O) groups is 1. The van der Waals surface area contributed by atoms with Crippen LogP contribution < -0.4 is 21.5 Å². The third kappa shape index (κ3) is 3.92. The minimum atomic E-state index is -1.87. The Bertz CT molecular complexity index is 1830. The molecule has 1 amide bonds. The van der Waals surface area contributed by atoms with Crippen LogP contribution in [0, 0.1) is 23.0 Å². The molecule has 2 aliphatic heterocycles. The molecule has 198 valence electrons. The van der Waals surface area contributed by atoms with Crippen molar-refractivity contribution >= 4 is 29.2 Å². The fourth-order valence-electron chi connectivity index (χ4n) is 5.31. The van der Waals surface area contributed by atoms with E-state index in [4.69, 9.17) is 5.73 Å². The number of aromatic amines is 1. The van der Waals surface area contributed by atoms with Crippen molar-refractivity contribution in [3.63, 3.8) is 0 Å². The molecule has 8 nitrogen and oxygen atoms in total. The SMILES string of the molecule is N#CC1=C(N)Nc2nc(SCc3cccc(F)c3)[nH]c(=O)c2[C@]12C(=O)N(Cc1cccc(F)c1)c1ccccc12. The zero-order valence-electron chi connectivity index (χ0n) is 20.7. The van der Waals surface area contributed by atoms with Crippen LogP contribution in [0.1, 0.15) is 22.3 Å². The third-order valence-corrected chi connectivity index (χ3v) is 7.89. The van der Waals surface area contributed by atoms with E-state index in [-0.39, 0.29) is 40.3 Å². The molecule has 3 aromatic carbocycles. The lowest BCUT2D eigenvalue weighted by atomic mass is 9.69. The second-order valence-corrected chi connectivity index (χ2v) is 10.3. The first kappa shape index (κ1) is 25.3. The Labute approximate surface area is 231 Å². The fraction of sp³-hybridized carbons (Fsp3) is 0.103. The van der Waals surface area contributed by atoms with Crippen LogP contribution in [-0.2, 0) is 22.5 Å². The maximum absolute atomic E-state index is 14.4. The van der Waals surface area contributed by atoms with E-state index in [1.54, 1.807) is 48.5 Å². The van der Waals surface area contributed by atoms with E-state index in [0.717, 1.165) is 0 Å². The summed E-state index contributed by atoms with van der Waals surface area (Å²) >= 11 is 1.17. The quantitative estimate of drug-likeness (QED) is 0.248. The molecule has 0 unspecified atom stereocenters. The Hall–Kier alpha value is -4.95. The Morgan fingerprint density at radius 3 is 2.42 bits per heavy atom. The summed E-state index contributed by atoms with van der Waals surface area (Å²) < 4.78 is 27.6. The number of rotatable bonds is 5. The van der Waals surface area contributed by atoms with Crippen molar-refractivity contribution in [2.24, 2.45) is 5.73 Å². The average Bonchev–Trinajstić information content (AvgIpc) is 3.15. The first-order valence-electron chi connectivity index (χ1n) is 12.2. The van der Waals surface area contributed by atoms with Crippen molar-refractivity contribution < 1.29 is 13.6 Å². The molecule has 3 heterocycles. The van der Waals surface area contributed by atoms with Gasteiger partial charge in [-0.2, -0.15) is 5.26 Å². The molecular formula is C29H20F2N6O2S. The summed E-state index contributed by atoms with van der Waals surface area (Å²) in [6, 6.07) is 20.8. The second kappa shape index (κ2) is 9.66. The molecule has 11 heteroatoms. The van der Waals surface area contributed by atoms with E-state index in [1.807, 2.05) is 6.07 Å². The number of aromatic nitrogens is 2. The van der Waals surface area contributed by atoms with Crippen LogP contribution >= 0.6 is 11.8 Å². The molecule has 0 aliphatic carbocycles. The highest BCUT2D eigenvalue weighted by Crippen LogP contribution is 2.53. The van der Waals surface area contributed by atoms with Crippen LogP contribution in [0.2, 0.25) is 0 Å². The van der Waals surface area contributed by atoms with Gasteiger partial charge in [-0.3, -0.25) is 9.59 Å². The van der Waals surface area contributed by atoms with Gasteiger partial charge in [-0.25, -0.2) is 13.8 Å². The van der Waals surface area contributed by atoms with Gasteiger partial charge in [0.15, 0.2) is 5.16 Å². The van der Waals surface area contributed by atoms with Crippen LogP contribution in [0.4, 0.5) is 20.3 Å². The Balaban J connectivity index is 1.49. The molecule has 0 saturated heterocycles. The van der Waals surface area contributed by atoms with Gasteiger partial charge in [0.2, 0.25) is 5.91 Å². The molecule has 1 atom stereocenters. The molecule has 40 heavy (non-hydrogen) atoms. The predicted molar refractivity (Wildman–Crippen MR) is 146 cm³/mol. The zero-order valence-corrected chi connectivity index (χ0v) is 21.6. The number of benzene rings is 3. The number of amides is 1. The number of nitrogens with zero attached hydrogens (tertiary/aromatic N) is 3. The zero-order chi connectivity index (χ0) is 28.0. The molecule has 0 saturated carbocycles. The minimum absolute atomic E-state index is 0.00361. The van der Waals surface area contributed by atoms with Crippen LogP contribution in [0.15, 0.2) is 94.1 Å². The number of hydrogen-bond acceptors (Lipinski definition) is 7. The molecule has 0 fully saturated rings. The number of para-hydroxylation sites is 1. The van der Waals surface area contributed by atoms with E-state index in [2.05, 4.69) is 15.3 Å². The van der Waals surface area contributed by atoms with Gasteiger partial charge < -0.3 is 20.9 Å². The number of thioether (sulfide) groups is 1. The Morgan fingerprint density at radius 1 is 1.00 bits per heavy atom. The maximum atomic E-state index is 14.4. The van der Waals surface area contributed by atoms with Gasteiger partial charge in [0.25, 0.3) is 5.56 Å². The number of halogens is 2. The van der Waals surface area contributed by atoms with Crippen molar-refractivity contribution in [1.29, 1.82) is 5.26 Å². The first-order chi connectivity index (χ1) is 19.3. The highest BCUT2D eigenvalue weighted by Gasteiger charge is 2.60. The number of carbonyl (C=O) groups excluding carboxylic acids is 1. The van der Waals surface area contributed by atoms with E-state index in [0.29, 0.717) is 28.1 Å². The smallest absolute Gasteiger partial charge is 0.258 e. The Kier molecular flexibility index (Phi) is 6.12. The average molecular weight is 555 g/mol. The van der Waals surface area contributed by atoms with E-state index in [9.17, 15) is 23.6 Å². The van der Waals surface area contributed by atoms with E-state index in [1.165, 1.54) is 40.9 Å². The van der Waals surface area contributed by atoms with E-state index >= 15 is 0 Å². The van der Waals surface area contributed by atoms with E-state index < -0.39 is 22.7 Å². The monoisotopic (exact) mass is 554 g/mol. The largest absolute Gasteiger partial charge is 0.384 e. The van der Waals surface area contributed by atoms with Crippen molar-refractivity contribution in [2.45, 2.75) is 22.9 Å². The molecule has 4 aromatic rings. The summed E-state index contributed by atoms with van der Waals surface area (Å²) in [5, 5.41) is 13.3. The molecule has 1 spiro atoms. The van der Waals surface area contributed by atoms with Crippen molar-refractivity contribution in [3.8, 4) is 6.07 Å². The number of hydrogen-bond donors (Lipinski definition) is 3. The van der Waals surface area contributed by atoms with Crippen LogP contribution in [0.25, 0.3) is 0 Å². The number of nitrogens with one attached hydrogen (secondary N) is 2. The summed E-state index contributed by atoms with van der Waals surface area (Å²) in [6.45, 7) is 0.00361. The lowest BCUT2D eigenvalue weighted by molar-refractivity contribution is -0.120. The molecule has 4 N–H and O–H groups in total. The summed E-state index contributed by atoms with van der Waals surface area (Å²) in [4.78, 5) is 36.9. The summed E-state index contributed by atoms with van der Waals surface area (Å²) in [5.41, 5.74) is 5.69. The number of fused-ring (bicyclic) bond motifs is 4. The van der Waals surface area contributed by atoms with Crippen molar-refractivity contribution in [1.82, 2.24) is 9.97 Å². The second-order valence-electron chi connectivity index (χ2n) is 9.33. The van der Waals surface area contributed by atoms with Gasteiger partial charge in [0.05, 0.1) is 17.7 Å². The first-order valence-corrected chi connectivity index (χ1v) is 13.2.